The zero-order chi connectivity index (χ0) is 60.8. The molecule has 0 N–H and O–H groups in total. The van der Waals surface area contributed by atoms with E-state index in [1.165, 1.54) is 35.2 Å². The largest absolute Gasteiger partial charge is 0.469 e. The quantitative estimate of drug-likeness (QED) is 0.0111. The molecule has 4 fully saturated rings. The van der Waals surface area contributed by atoms with Crippen molar-refractivity contribution in [1.29, 1.82) is 0 Å². The number of allylic oxidation sites excluding steroid dienone is 1. The summed E-state index contributed by atoms with van der Waals surface area (Å²) in [6.07, 6.45) is 18.1. The number of rotatable bonds is 34. The number of unbranched alkanes of at least 4 members (excludes halogenated alkanes) is 8. The molecule has 2 aliphatic carbocycles. The second-order valence-corrected chi connectivity index (χ2v) is 23.1. The van der Waals surface area contributed by atoms with E-state index in [1.54, 1.807) is 19.7 Å². The lowest BCUT2D eigenvalue weighted by Crippen LogP contribution is -2.32. The van der Waals surface area contributed by atoms with Crippen molar-refractivity contribution in [3.05, 3.63) is 22.1 Å². The molecule has 0 radical (unpaired) electrons. The zero-order valence-corrected chi connectivity index (χ0v) is 50.2. The van der Waals surface area contributed by atoms with Gasteiger partial charge in [-0.05, 0) is 89.8 Å². The molecule has 0 aromatic carbocycles. The van der Waals surface area contributed by atoms with Gasteiger partial charge in [0.25, 0.3) is 0 Å². The fourth-order valence-electron chi connectivity index (χ4n) is 10.4. The minimum Gasteiger partial charge on any atom is -0.469 e. The van der Waals surface area contributed by atoms with Gasteiger partial charge in [0.05, 0.1) is 32.6 Å². The number of hydrogen-bond acceptors (Lipinski definition) is 18. The van der Waals surface area contributed by atoms with Crippen LogP contribution < -0.4 is 0 Å². The highest BCUT2D eigenvalue weighted by Gasteiger charge is 2.48. The first-order chi connectivity index (χ1) is 38.7. The number of carbonyl (C=O) groups is 7. The van der Waals surface area contributed by atoms with Crippen LogP contribution in [0.15, 0.2) is 12.2 Å². The molecule has 0 aromatic heterocycles. The second kappa shape index (κ2) is 42.9. The van der Waals surface area contributed by atoms with Crippen LogP contribution in [-0.2, 0) is 76.0 Å². The fourth-order valence-corrected chi connectivity index (χ4v) is 11.1. The van der Waals surface area contributed by atoms with Gasteiger partial charge in [0.15, 0.2) is 12.6 Å². The molecule has 2 saturated heterocycles. The summed E-state index contributed by atoms with van der Waals surface area (Å²) in [5.74, 6) is -10.8. The van der Waals surface area contributed by atoms with Gasteiger partial charge in [-0.15, -0.1) is 0 Å². The maximum atomic E-state index is 14.3. The Kier molecular flexibility index (Phi) is 39.8. The topological polar surface area (TPSA) is 237 Å². The van der Waals surface area contributed by atoms with E-state index in [0.717, 1.165) is 109 Å². The molecule has 2 saturated carbocycles. The number of halogens is 4. The summed E-state index contributed by atoms with van der Waals surface area (Å²) >= 11 is 0. The number of alkyl halides is 4. The third kappa shape index (κ3) is 30.5. The van der Waals surface area contributed by atoms with Crippen LogP contribution in [0.25, 0.3) is 0 Å². The number of carbonyl (C=O) groups excluding carboxylic acids is 7. The van der Waals surface area contributed by atoms with Gasteiger partial charge in [0.2, 0.25) is 11.6 Å². The predicted molar refractivity (Wildman–Crippen MR) is 296 cm³/mol. The minimum absolute atomic E-state index is 0.0319. The standard InChI is InChI=1S/C28H44F2O7.C21H34O7.C9H17F2O2P.O2/c1-4-5-17-28(29,30)25(32)16-15-22-21(12-8-6-7-9-13-26(33)34-3)23(36-20(2)31)19-24(22)37-27-14-10-11-18-35-27;1-15(23)27-18-13-19(28-21-11-7-8-12-26-21)17(14-22)16(18)9-5-3-4-6-10-20(24)25-2;1-4-5-6-9(10,11)8(12)7-14(3)13-2;1-2/h15-16,21-24,27H,4-14,17-19H2,1-3H3;14,16-19,21H,3-13H2,1-2H3;4-7H2,1-3H3;/b16-15+;;;/t21?,22-,23+,24-,27?;16?,17-,18+,19-,21?;;/m11../s1. The maximum Gasteiger partial charge on any atom is 0.309 e. The molecule has 0 aromatic rings. The van der Waals surface area contributed by atoms with E-state index in [9.17, 15) is 51.1 Å². The lowest BCUT2D eigenvalue weighted by molar-refractivity contribution is -0.195. The molecule has 81 heavy (non-hydrogen) atoms. The summed E-state index contributed by atoms with van der Waals surface area (Å²) in [7, 11) is 3.17. The van der Waals surface area contributed by atoms with Crippen molar-refractivity contribution in [2.45, 2.75) is 243 Å². The third-order valence-corrected chi connectivity index (χ3v) is 16.2. The Morgan fingerprint density at radius 2 is 1.02 bits per heavy atom. The van der Waals surface area contributed by atoms with Crippen molar-refractivity contribution in [3.8, 4) is 0 Å². The fraction of sp³-hybridized carbons (Fsp3) is 0.845. The molecule has 18 nitrogen and oxygen atoms in total. The Morgan fingerprint density at radius 1 is 0.593 bits per heavy atom. The lowest BCUT2D eigenvalue weighted by Gasteiger charge is -2.29. The lowest BCUT2D eigenvalue weighted by atomic mass is 9.87. The number of aldehydes is 1. The summed E-state index contributed by atoms with van der Waals surface area (Å²) < 4.78 is 104. The molecular weight excluding hydrogens is 1090 g/mol. The molecule has 2 heterocycles. The first-order valence-electron chi connectivity index (χ1n) is 29.1. The Labute approximate surface area is 478 Å². The molecular formula is C58H95F4O18P. The average molecular weight is 1190 g/mol. The Balaban J connectivity index is 0.000000655. The second-order valence-electron chi connectivity index (χ2n) is 21.1. The van der Waals surface area contributed by atoms with E-state index >= 15 is 0 Å². The van der Waals surface area contributed by atoms with Crippen LogP contribution >= 0.6 is 8.15 Å². The first-order valence-corrected chi connectivity index (χ1v) is 31.0. The number of esters is 4. The number of Topliss-reactive ketones (excluding diaryl/α,β-unsaturated/α-hetero) is 1. The van der Waals surface area contributed by atoms with Crippen LogP contribution in [-0.4, -0.2) is 138 Å². The van der Waals surface area contributed by atoms with Crippen molar-refractivity contribution in [2.75, 3.05) is 47.4 Å². The average Bonchev–Trinajstić information content (AvgIpc) is 4.12. The molecule has 23 heteroatoms. The van der Waals surface area contributed by atoms with Crippen LogP contribution in [0.1, 0.15) is 195 Å². The van der Waals surface area contributed by atoms with Gasteiger partial charge in [0, 0.05) is 114 Å². The first kappa shape index (κ1) is 75.2. The monoisotopic (exact) mass is 1190 g/mol. The van der Waals surface area contributed by atoms with Gasteiger partial charge in [0.1, 0.15) is 18.5 Å². The SMILES string of the molecule is CCCCC(F)(F)C(=O)/C=C/[C@@H]1C(CCCCCCC(=O)OC)[C@@H](OC(C)=O)C[C@H]1OC1CCCCO1.CCCCC(F)(F)C(=O)CP(C)OC.COC(=O)CCCCCCC1[C@@H](OC(C)=O)C[C@@H](OC2CCCCO2)[C@@H]1C=O.O=O. The summed E-state index contributed by atoms with van der Waals surface area (Å²) in [5.41, 5.74) is 0. The summed E-state index contributed by atoms with van der Waals surface area (Å²) in [4.78, 5) is 95.2. The number of methoxy groups -OCH3 is 2. The predicted octanol–water partition coefficient (Wildman–Crippen LogP) is 12.2. The zero-order valence-electron chi connectivity index (χ0n) is 49.3. The van der Waals surface area contributed by atoms with Gasteiger partial charge >= 0.3 is 35.7 Å². The smallest absolute Gasteiger partial charge is 0.309 e. The third-order valence-electron chi connectivity index (χ3n) is 14.8. The van der Waals surface area contributed by atoms with Gasteiger partial charge in [-0.2, -0.15) is 17.6 Å². The maximum absolute atomic E-state index is 14.3. The van der Waals surface area contributed by atoms with Crippen molar-refractivity contribution in [1.82, 2.24) is 0 Å². The van der Waals surface area contributed by atoms with Gasteiger partial charge < -0.3 is 47.2 Å². The molecule has 2 aliphatic heterocycles. The molecule has 468 valence electrons. The van der Waals surface area contributed by atoms with Crippen molar-refractivity contribution in [2.24, 2.45) is 23.7 Å². The summed E-state index contributed by atoms with van der Waals surface area (Å²) in [5, 5.41) is 0. The normalized spacial score (nSPS) is 24.9. The van der Waals surface area contributed by atoms with E-state index in [4.69, 9.17) is 42.9 Å². The molecule has 4 aliphatic rings. The van der Waals surface area contributed by atoms with Crippen LogP contribution in [0.4, 0.5) is 17.6 Å². The molecule has 11 atom stereocenters. The van der Waals surface area contributed by atoms with E-state index in [0.29, 0.717) is 64.6 Å². The van der Waals surface area contributed by atoms with E-state index < -0.39 is 62.4 Å². The Hall–Kier alpha value is -3.82. The highest BCUT2D eigenvalue weighted by atomic mass is 31.1. The summed E-state index contributed by atoms with van der Waals surface area (Å²) in [6.45, 7) is 9.34. The van der Waals surface area contributed by atoms with E-state index in [1.807, 2.05) is 6.92 Å². The Morgan fingerprint density at radius 3 is 1.42 bits per heavy atom. The van der Waals surface area contributed by atoms with Crippen molar-refractivity contribution in [3.63, 3.8) is 0 Å². The van der Waals surface area contributed by atoms with Crippen LogP contribution in [0.3, 0.4) is 0 Å². The number of ether oxygens (including phenoxy) is 8. The molecule has 0 amide bonds. The highest BCUT2D eigenvalue weighted by molar-refractivity contribution is 7.52. The molecule has 4 rings (SSSR count). The molecule has 0 bridgehead atoms. The highest BCUT2D eigenvalue weighted by Crippen LogP contribution is 2.43. The van der Waals surface area contributed by atoms with Crippen molar-refractivity contribution >= 4 is 49.9 Å². The van der Waals surface area contributed by atoms with Crippen LogP contribution in [0.5, 0.6) is 0 Å². The molecule has 0 spiro atoms. The van der Waals surface area contributed by atoms with Crippen LogP contribution in [0.2, 0.25) is 0 Å². The number of ketones is 2. The molecule has 5 unspecified atom stereocenters. The minimum atomic E-state index is -3.40. The van der Waals surface area contributed by atoms with Gasteiger partial charge in [-0.25, -0.2) is 0 Å². The van der Waals surface area contributed by atoms with E-state index in [-0.39, 0.29) is 79.1 Å². The van der Waals surface area contributed by atoms with Crippen molar-refractivity contribution < 1.29 is 93.5 Å². The van der Waals surface area contributed by atoms with Gasteiger partial charge in [-0.1, -0.05) is 71.3 Å². The van der Waals surface area contributed by atoms with E-state index in [2.05, 4.69) is 9.47 Å². The van der Waals surface area contributed by atoms with Gasteiger partial charge in [-0.3, -0.25) is 28.8 Å². The number of hydrogen-bond donors (Lipinski definition) is 0. The summed E-state index contributed by atoms with van der Waals surface area (Å²) in [6, 6.07) is 0. The van der Waals surface area contributed by atoms with Crippen LogP contribution in [0, 0.1) is 33.6 Å². The Bertz CT molecular complexity index is 1830.